The van der Waals surface area contributed by atoms with Gasteiger partial charge in [-0.1, -0.05) is 12.1 Å². The monoisotopic (exact) mass is 260 g/mol. The van der Waals surface area contributed by atoms with Gasteiger partial charge in [-0.05, 0) is 30.0 Å². The number of nitrogens with zero attached hydrogens (tertiary/aromatic N) is 5. The second-order valence-electron chi connectivity index (χ2n) is 4.73. The summed E-state index contributed by atoms with van der Waals surface area (Å²) in [6.07, 6.45) is 0.728. The van der Waals surface area contributed by atoms with Crippen molar-refractivity contribution in [1.82, 2.24) is 25.5 Å². The predicted octanol–water partition coefficient (Wildman–Crippen LogP) is 0.779. The van der Waals surface area contributed by atoms with Crippen molar-refractivity contribution in [1.29, 1.82) is 0 Å². The molecule has 2 aromatic rings. The Bertz CT molecular complexity index is 516. The fraction of sp³-hybridized carbons (Fsp3) is 0.462. The molecule has 0 aliphatic rings. The van der Waals surface area contributed by atoms with Gasteiger partial charge in [0, 0.05) is 32.2 Å². The predicted molar refractivity (Wildman–Crippen MR) is 75.1 cm³/mol. The van der Waals surface area contributed by atoms with E-state index in [-0.39, 0.29) is 6.04 Å². The Hall–Kier alpha value is -1.95. The summed E-state index contributed by atoms with van der Waals surface area (Å²) in [5, 5.41) is 15.4. The Morgan fingerprint density at radius 1 is 1.26 bits per heavy atom. The summed E-state index contributed by atoms with van der Waals surface area (Å²) in [4.78, 5) is 3.57. The number of anilines is 1. The van der Waals surface area contributed by atoms with E-state index < -0.39 is 0 Å². The quantitative estimate of drug-likeness (QED) is 0.861. The maximum atomic E-state index is 4.22. The third-order valence-corrected chi connectivity index (χ3v) is 3.10. The van der Waals surface area contributed by atoms with Crippen LogP contribution in [0.4, 0.5) is 5.69 Å². The second-order valence-corrected chi connectivity index (χ2v) is 4.73. The molecule has 19 heavy (non-hydrogen) atoms. The molecular weight excluding hydrogens is 240 g/mol. The maximum absolute atomic E-state index is 4.22. The van der Waals surface area contributed by atoms with E-state index in [0.29, 0.717) is 0 Å². The molecule has 1 atom stereocenters. The van der Waals surface area contributed by atoms with E-state index in [2.05, 4.69) is 49.9 Å². The van der Waals surface area contributed by atoms with Gasteiger partial charge in [-0.25, -0.2) is 0 Å². The first-order valence-corrected chi connectivity index (χ1v) is 6.27. The molecule has 1 aromatic heterocycles. The average Bonchev–Trinajstić information content (AvgIpc) is 2.81. The van der Waals surface area contributed by atoms with Crippen molar-refractivity contribution in [2.24, 2.45) is 7.05 Å². The third-order valence-electron chi connectivity index (χ3n) is 3.10. The molecule has 0 aliphatic carbocycles. The molecule has 102 valence electrons. The molecule has 1 aromatic carbocycles. The lowest BCUT2D eigenvalue weighted by molar-refractivity contribution is 0.570. The van der Waals surface area contributed by atoms with Crippen LogP contribution in [0.15, 0.2) is 24.3 Å². The van der Waals surface area contributed by atoms with Crippen LogP contribution in [0, 0.1) is 0 Å². The Balaban J connectivity index is 2.12. The first kappa shape index (κ1) is 13.5. The van der Waals surface area contributed by atoms with Gasteiger partial charge in [0.15, 0.2) is 5.82 Å². The molecule has 0 bridgehead atoms. The van der Waals surface area contributed by atoms with Crippen molar-refractivity contribution in [2.75, 3.05) is 26.0 Å². The minimum Gasteiger partial charge on any atom is -0.378 e. The van der Waals surface area contributed by atoms with Crippen molar-refractivity contribution >= 4 is 5.69 Å². The molecule has 0 aliphatic heterocycles. The van der Waals surface area contributed by atoms with Crippen LogP contribution in [-0.4, -0.2) is 41.4 Å². The van der Waals surface area contributed by atoms with Gasteiger partial charge in [0.2, 0.25) is 0 Å². The highest BCUT2D eigenvalue weighted by Gasteiger charge is 2.13. The van der Waals surface area contributed by atoms with Crippen LogP contribution < -0.4 is 10.2 Å². The van der Waals surface area contributed by atoms with Gasteiger partial charge < -0.3 is 10.2 Å². The van der Waals surface area contributed by atoms with Crippen LogP contribution >= 0.6 is 0 Å². The van der Waals surface area contributed by atoms with Crippen molar-refractivity contribution in [3.05, 3.63) is 35.7 Å². The number of likely N-dealkylation sites (N-methyl/N-ethyl adjacent to an activating group) is 1. The molecule has 0 fully saturated rings. The molecule has 6 nitrogen and oxygen atoms in total. The summed E-state index contributed by atoms with van der Waals surface area (Å²) >= 11 is 0. The number of rotatable bonds is 5. The summed E-state index contributed by atoms with van der Waals surface area (Å²) in [7, 11) is 7.79. The zero-order valence-electron chi connectivity index (χ0n) is 11.8. The molecule has 1 N–H and O–H groups in total. The Kier molecular flexibility index (Phi) is 4.11. The van der Waals surface area contributed by atoms with Crippen LogP contribution in [0.5, 0.6) is 0 Å². The lowest BCUT2D eigenvalue weighted by atomic mass is 10.0. The van der Waals surface area contributed by atoms with Gasteiger partial charge in [0.05, 0.1) is 7.05 Å². The van der Waals surface area contributed by atoms with E-state index in [0.717, 1.165) is 12.2 Å². The standard InChI is InChI=1S/C13H20N6/c1-14-12(9-13-15-17-19(4)16-13)10-5-7-11(8-6-10)18(2)3/h5-8,12,14H,9H2,1-4H3. The second kappa shape index (κ2) is 5.79. The van der Waals surface area contributed by atoms with Crippen LogP contribution in [0.25, 0.3) is 0 Å². The Labute approximate surface area is 113 Å². The largest absolute Gasteiger partial charge is 0.378 e. The molecular formula is C13H20N6. The molecule has 0 spiro atoms. The van der Waals surface area contributed by atoms with Crippen molar-refractivity contribution in [3.63, 3.8) is 0 Å². The summed E-state index contributed by atoms with van der Waals surface area (Å²) in [6.45, 7) is 0. The number of benzene rings is 1. The van der Waals surface area contributed by atoms with Gasteiger partial charge in [-0.3, -0.25) is 0 Å². The van der Waals surface area contributed by atoms with Crippen LogP contribution in [0.1, 0.15) is 17.4 Å². The third kappa shape index (κ3) is 3.29. The first-order valence-electron chi connectivity index (χ1n) is 6.27. The molecule has 1 heterocycles. The zero-order valence-corrected chi connectivity index (χ0v) is 11.8. The van der Waals surface area contributed by atoms with Crippen LogP contribution in [0.2, 0.25) is 0 Å². The summed E-state index contributed by atoms with van der Waals surface area (Å²) in [6, 6.07) is 8.69. The first-order chi connectivity index (χ1) is 9.10. The van der Waals surface area contributed by atoms with E-state index in [1.165, 1.54) is 16.0 Å². The van der Waals surface area contributed by atoms with Gasteiger partial charge in [-0.2, -0.15) is 4.80 Å². The van der Waals surface area contributed by atoms with Gasteiger partial charge in [0.1, 0.15) is 0 Å². The lowest BCUT2D eigenvalue weighted by Crippen LogP contribution is -2.19. The smallest absolute Gasteiger partial charge is 0.176 e. The SMILES string of the molecule is CNC(Cc1nnn(C)n1)c1ccc(N(C)C)cc1. The molecule has 0 radical (unpaired) electrons. The Morgan fingerprint density at radius 2 is 1.95 bits per heavy atom. The molecule has 1 unspecified atom stereocenters. The van der Waals surface area contributed by atoms with Crippen molar-refractivity contribution in [3.8, 4) is 0 Å². The fourth-order valence-electron chi connectivity index (χ4n) is 1.98. The summed E-state index contributed by atoms with van der Waals surface area (Å²) < 4.78 is 0. The zero-order chi connectivity index (χ0) is 13.8. The normalized spacial score (nSPS) is 12.4. The molecule has 0 amide bonds. The number of hydrogen-bond acceptors (Lipinski definition) is 5. The van der Waals surface area contributed by atoms with E-state index >= 15 is 0 Å². The highest BCUT2D eigenvalue weighted by atomic mass is 15.6. The van der Waals surface area contributed by atoms with Gasteiger partial charge in [-0.15, -0.1) is 10.2 Å². The number of nitrogens with one attached hydrogen (secondary N) is 1. The van der Waals surface area contributed by atoms with Crippen molar-refractivity contribution < 1.29 is 0 Å². The highest BCUT2D eigenvalue weighted by molar-refractivity contribution is 5.46. The average molecular weight is 260 g/mol. The van der Waals surface area contributed by atoms with Crippen LogP contribution in [0.3, 0.4) is 0 Å². The van der Waals surface area contributed by atoms with Gasteiger partial charge in [0.25, 0.3) is 0 Å². The highest BCUT2D eigenvalue weighted by Crippen LogP contribution is 2.19. The minimum absolute atomic E-state index is 0.195. The molecule has 6 heteroatoms. The van der Waals surface area contributed by atoms with Crippen LogP contribution in [-0.2, 0) is 13.5 Å². The fourth-order valence-corrected chi connectivity index (χ4v) is 1.98. The number of hydrogen-bond donors (Lipinski definition) is 1. The number of aromatic nitrogens is 4. The topological polar surface area (TPSA) is 58.9 Å². The van der Waals surface area contributed by atoms with E-state index in [9.17, 15) is 0 Å². The maximum Gasteiger partial charge on any atom is 0.176 e. The minimum atomic E-state index is 0.195. The summed E-state index contributed by atoms with van der Waals surface area (Å²) in [5.74, 6) is 0.749. The molecule has 0 saturated heterocycles. The van der Waals surface area contributed by atoms with Gasteiger partial charge >= 0.3 is 0 Å². The lowest BCUT2D eigenvalue weighted by Gasteiger charge is -2.17. The molecule has 2 rings (SSSR count). The van der Waals surface area contributed by atoms with E-state index in [1.54, 1.807) is 7.05 Å². The number of tetrazole rings is 1. The number of aryl methyl sites for hydroxylation is 1. The summed E-state index contributed by atoms with van der Waals surface area (Å²) in [5.41, 5.74) is 2.41. The van der Waals surface area contributed by atoms with E-state index in [4.69, 9.17) is 0 Å². The van der Waals surface area contributed by atoms with E-state index in [1.807, 2.05) is 21.1 Å². The van der Waals surface area contributed by atoms with Crippen molar-refractivity contribution in [2.45, 2.75) is 12.5 Å². The Morgan fingerprint density at radius 3 is 2.42 bits per heavy atom. The molecule has 0 saturated carbocycles.